The summed E-state index contributed by atoms with van der Waals surface area (Å²) in [5.41, 5.74) is 0.748. The highest BCUT2D eigenvalue weighted by Gasteiger charge is 2.12. The fourth-order valence-electron chi connectivity index (χ4n) is 2.03. The highest BCUT2D eigenvalue weighted by Crippen LogP contribution is 2.13. The second-order valence-electron chi connectivity index (χ2n) is 5.62. The molecule has 0 spiro atoms. The maximum atomic E-state index is 11.6. The zero-order valence-electron chi connectivity index (χ0n) is 15.2. The Morgan fingerprint density at radius 2 is 1.10 bits per heavy atom. The summed E-state index contributed by atoms with van der Waals surface area (Å²) in [6.07, 6.45) is -2.07. The van der Waals surface area contributed by atoms with Gasteiger partial charge in [-0.2, -0.15) is 0 Å². The Hall–Kier alpha value is -4.55. The molecule has 2 aromatic rings. The topological polar surface area (TPSA) is 187 Å². The highest BCUT2D eigenvalue weighted by atomic mass is 16.6. The van der Waals surface area contributed by atoms with Crippen LogP contribution in [0.1, 0.15) is 11.1 Å². The van der Waals surface area contributed by atoms with Crippen LogP contribution in [0.4, 0.5) is 21.0 Å². The van der Waals surface area contributed by atoms with Crippen molar-refractivity contribution in [3.63, 3.8) is 0 Å². The number of rotatable bonds is 6. The number of amides is 2. The molecule has 0 saturated carbocycles. The Labute approximate surface area is 168 Å². The van der Waals surface area contributed by atoms with Crippen LogP contribution in [0.3, 0.4) is 0 Å². The largest absolute Gasteiger partial charge is 0.444 e. The van der Waals surface area contributed by atoms with Crippen molar-refractivity contribution in [2.24, 2.45) is 0 Å². The summed E-state index contributed by atoms with van der Waals surface area (Å²) >= 11 is 0. The van der Waals surface area contributed by atoms with E-state index in [1.165, 1.54) is 48.5 Å². The third-order valence-electron chi connectivity index (χ3n) is 3.49. The lowest BCUT2D eigenvalue weighted by Crippen LogP contribution is -2.43. The number of benzene rings is 2. The van der Waals surface area contributed by atoms with Crippen LogP contribution in [0.15, 0.2) is 48.5 Å². The molecule has 3 N–H and O–H groups in total. The van der Waals surface area contributed by atoms with Gasteiger partial charge in [-0.3, -0.25) is 36.3 Å². The van der Waals surface area contributed by atoms with Crippen LogP contribution in [0.5, 0.6) is 0 Å². The van der Waals surface area contributed by atoms with Crippen LogP contribution in [-0.4, -0.2) is 28.0 Å². The van der Waals surface area contributed by atoms with Crippen molar-refractivity contribution in [2.75, 3.05) is 0 Å². The molecule has 0 heterocycles. The molecule has 0 aromatic heterocycles. The zero-order chi connectivity index (χ0) is 22.1. The normalized spacial score (nSPS) is 9.87. The van der Waals surface area contributed by atoms with Crippen LogP contribution < -0.4 is 10.6 Å². The molecule has 156 valence electrons. The van der Waals surface area contributed by atoms with E-state index in [1.54, 1.807) is 0 Å². The molecule has 0 aliphatic carbocycles. The Morgan fingerprint density at radius 3 is 1.40 bits per heavy atom. The maximum Gasteiger partial charge on any atom is 0.414 e. The van der Waals surface area contributed by atoms with E-state index in [-0.39, 0.29) is 24.6 Å². The predicted molar refractivity (Wildman–Crippen MR) is 101 cm³/mol. The van der Waals surface area contributed by atoms with Crippen LogP contribution >= 0.6 is 0 Å². The van der Waals surface area contributed by atoms with Crippen LogP contribution in [-0.2, 0) is 22.7 Å². The van der Waals surface area contributed by atoms with Crippen molar-refractivity contribution in [1.29, 1.82) is 5.41 Å². The molecule has 13 nitrogen and oxygen atoms in total. The van der Waals surface area contributed by atoms with E-state index in [2.05, 4.69) is 0 Å². The third kappa shape index (κ3) is 6.88. The zero-order valence-corrected chi connectivity index (χ0v) is 15.2. The molecular formula is C17H15N5O8. The Morgan fingerprint density at radius 1 is 0.767 bits per heavy atom. The molecule has 0 saturated heterocycles. The number of hydrogen-bond acceptors (Lipinski definition) is 9. The second-order valence-corrected chi connectivity index (χ2v) is 5.62. The minimum atomic E-state index is -1.03. The number of guanidine groups is 1. The van der Waals surface area contributed by atoms with Gasteiger partial charge in [-0.1, -0.05) is 0 Å². The second kappa shape index (κ2) is 10.1. The van der Waals surface area contributed by atoms with Crippen molar-refractivity contribution in [1.82, 2.24) is 10.6 Å². The lowest BCUT2D eigenvalue weighted by molar-refractivity contribution is -0.385. The molecular weight excluding hydrogens is 402 g/mol. The van der Waals surface area contributed by atoms with E-state index in [9.17, 15) is 29.8 Å². The van der Waals surface area contributed by atoms with Gasteiger partial charge < -0.3 is 9.47 Å². The van der Waals surface area contributed by atoms with E-state index in [4.69, 9.17) is 14.9 Å². The van der Waals surface area contributed by atoms with Crippen molar-refractivity contribution in [3.8, 4) is 0 Å². The number of nitro groups is 2. The summed E-state index contributed by atoms with van der Waals surface area (Å²) in [6, 6.07) is 10.6. The van der Waals surface area contributed by atoms with Gasteiger partial charge in [0.1, 0.15) is 13.2 Å². The van der Waals surface area contributed by atoms with E-state index in [0.717, 1.165) is 0 Å². The number of nitrogens with zero attached hydrogens (tertiary/aromatic N) is 2. The average molecular weight is 417 g/mol. The van der Waals surface area contributed by atoms with Crippen molar-refractivity contribution >= 4 is 29.5 Å². The summed E-state index contributed by atoms with van der Waals surface area (Å²) in [6.45, 7) is -0.413. The highest BCUT2D eigenvalue weighted by molar-refractivity contribution is 5.99. The Kier molecular flexibility index (Phi) is 7.34. The van der Waals surface area contributed by atoms with Gasteiger partial charge >= 0.3 is 12.2 Å². The number of ether oxygens (including phenoxy) is 2. The fourth-order valence-corrected chi connectivity index (χ4v) is 2.03. The molecule has 0 radical (unpaired) electrons. The van der Waals surface area contributed by atoms with Gasteiger partial charge in [-0.25, -0.2) is 9.59 Å². The monoisotopic (exact) mass is 417 g/mol. The summed E-state index contributed by atoms with van der Waals surface area (Å²) in [7, 11) is 0. The number of nitrogens with one attached hydrogen (secondary N) is 3. The average Bonchev–Trinajstić information content (AvgIpc) is 2.71. The first kappa shape index (κ1) is 21.7. The maximum absolute atomic E-state index is 11.6. The lowest BCUT2D eigenvalue weighted by Gasteiger charge is -2.10. The Balaban J connectivity index is 1.70. The smallest absolute Gasteiger partial charge is 0.414 e. The molecule has 0 bridgehead atoms. The fraction of sp³-hybridized carbons (Fsp3) is 0.118. The number of hydrogen-bond donors (Lipinski definition) is 3. The molecule has 0 fully saturated rings. The van der Waals surface area contributed by atoms with Crippen LogP contribution in [0.25, 0.3) is 0 Å². The van der Waals surface area contributed by atoms with Gasteiger partial charge in [-0.05, 0) is 35.4 Å². The first-order chi connectivity index (χ1) is 14.2. The minimum absolute atomic E-state index is 0.110. The molecule has 0 aliphatic rings. The summed E-state index contributed by atoms with van der Waals surface area (Å²) in [5.74, 6) is -0.697. The SMILES string of the molecule is N=C(NC(=O)OCc1ccc([N+](=O)[O-])cc1)NC(=O)OCc1ccc([N+](=O)[O-])cc1. The Bertz CT molecular complexity index is 882. The molecule has 30 heavy (non-hydrogen) atoms. The van der Waals surface area contributed by atoms with Gasteiger partial charge in [0.2, 0.25) is 5.96 Å². The predicted octanol–water partition coefficient (Wildman–Crippen LogP) is 2.59. The number of non-ortho nitro benzene ring substituents is 2. The van der Waals surface area contributed by atoms with Crippen molar-refractivity contribution in [2.45, 2.75) is 13.2 Å². The molecule has 0 unspecified atom stereocenters. The van der Waals surface area contributed by atoms with Crippen molar-refractivity contribution < 1.29 is 28.9 Å². The van der Waals surface area contributed by atoms with Gasteiger partial charge in [0.25, 0.3) is 11.4 Å². The number of carbonyl (C=O) groups excluding carboxylic acids is 2. The molecule has 13 heteroatoms. The summed E-state index contributed by atoms with van der Waals surface area (Å²) in [5, 5.41) is 32.5. The van der Waals surface area contributed by atoms with Gasteiger partial charge in [0.15, 0.2) is 0 Å². The molecule has 2 rings (SSSR count). The van der Waals surface area contributed by atoms with Gasteiger partial charge in [0.05, 0.1) is 9.85 Å². The molecule has 2 amide bonds. The van der Waals surface area contributed by atoms with Crippen LogP contribution in [0.2, 0.25) is 0 Å². The molecule has 2 aromatic carbocycles. The summed E-state index contributed by atoms with van der Waals surface area (Å²) < 4.78 is 9.67. The molecule has 0 aliphatic heterocycles. The minimum Gasteiger partial charge on any atom is -0.444 e. The van der Waals surface area contributed by atoms with Crippen LogP contribution in [0, 0.1) is 25.6 Å². The van der Waals surface area contributed by atoms with Gasteiger partial charge in [0, 0.05) is 24.3 Å². The third-order valence-corrected chi connectivity index (χ3v) is 3.49. The molecule has 0 atom stereocenters. The number of alkyl carbamates (subject to hydrolysis) is 2. The summed E-state index contributed by atoms with van der Waals surface area (Å²) in [4.78, 5) is 43.3. The number of nitro benzene ring substituents is 2. The van der Waals surface area contributed by atoms with Crippen molar-refractivity contribution in [3.05, 3.63) is 79.9 Å². The van der Waals surface area contributed by atoms with E-state index >= 15 is 0 Å². The van der Waals surface area contributed by atoms with E-state index < -0.39 is 28.0 Å². The lowest BCUT2D eigenvalue weighted by atomic mass is 10.2. The first-order valence-electron chi connectivity index (χ1n) is 8.17. The van der Waals surface area contributed by atoms with E-state index in [0.29, 0.717) is 11.1 Å². The standard InChI is InChI=1S/C17H15N5O8/c18-15(19-16(23)29-9-11-1-5-13(6-2-11)21(25)26)20-17(24)30-10-12-3-7-14(8-4-12)22(27)28/h1-8H,9-10H2,(H3,18,19,20,23,24). The quantitative estimate of drug-likeness (QED) is 0.277. The first-order valence-corrected chi connectivity index (χ1v) is 8.17. The number of carbonyl (C=O) groups is 2. The van der Waals surface area contributed by atoms with E-state index in [1.807, 2.05) is 10.6 Å². The van der Waals surface area contributed by atoms with Gasteiger partial charge in [-0.15, -0.1) is 0 Å².